The van der Waals surface area contributed by atoms with Gasteiger partial charge in [0, 0.05) is 6.54 Å². The standard InChI is InChI=1S/C6H7F5N4O2/c1-2-13-4(5(7,8)6(9,10)11)14(3-12-13)15(16)17/h3-4H,2H2,1H3. The maximum absolute atomic E-state index is 13.1. The lowest BCUT2D eigenvalue weighted by atomic mass is 10.2. The summed E-state index contributed by atoms with van der Waals surface area (Å²) in [4.78, 5) is 10.4. The van der Waals surface area contributed by atoms with E-state index < -0.39 is 23.3 Å². The van der Waals surface area contributed by atoms with Crippen LogP contribution in [0.2, 0.25) is 0 Å². The second-order valence-corrected chi connectivity index (χ2v) is 3.10. The van der Waals surface area contributed by atoms with E-state index >= 15 is 0 Å². The molecule has 0 saturated heterocycles. The number of hydrogen-bond donors (Lipinski definition) is 0. The lowest BCUT2D eigenvalue weighted by Gasteiger charge is -2.31. The highest BCUT2D eigenvalue weighted by atomic mass is 19.4. The minimum absolute atomic E-state index is 0.302. The third-order valence-electron chi connectivity index (χ3n) is 2.07. The van der Waals surface area contributed by atoms with Crippen LogP contribution in [0.15, 0.2) is 5.10 Å². The lowest BCUT2D eigenvalue weighted by Crippen LogP contribution is -2.60. The average molecular weight is 262 g/mol. The number of rotatable bonds is 3. The van der Waals surface area contributed by atoms with Gasteiger partial charge in [-0.3, -0.25) is 5.01 Å². The van der Waals surface area contributed by atoms with Crippen LogP contribution in [0.3, 0.4) is 0 Å². The first-order chi connectivity index (χ1) is 7.63. The SMILES string of the molecule is CCN1N=CN([N+](=O)[O-])C1C(F)(F)C(F)(F)F. The van der Waals surface area contributed by atoms with Crippen LogP contribution >= 0.6 is 0 Å². The van der Waals surface area contributed by atoms with Crippen molar-refractivity contribution in [3.8, 4) is 0 Å². The fourth-order valence-electron chi connectivity index (χ4n) is 1.27. The number of hydrogen-bond acceptors (Lipinski definition) is 4. The van der Waals surface area contributed by atoms with Crippen molar-refractivity contribution in [2.24, 2.45) is 5.10 Å². The highest BCUT2D eigenvalue weighted by Gasteiger charge is 2.69. The zero-order valence-electron chi connectivity index (χ0n) is 8.36. The van der Waals surface area contributed by atoms with E-state index in [2.05, 4.69) is 5.10 Å². The summed E-state index contributed by atoms with van der Waals surface area (Å²) < 4.78 is 62.6. The van der Waals surface area contributed by atoms with Crippen LogP contribution < -0.4 is 0 Å². The molecule has 0 bridgehead atoms. The summed E-state index contributed by atoms with van der Waals surface area (Å²) >= 11 is 0. The quantitative estimate of drug-likeness (QED) is 0.436. The number of hydrazine groups is 1. The van der Waals surface area contributed by atoms with Crippen LogP contribution in [0.5, 0.6) is 0 Å². The van der Waals surface area contributed by atoms with E-state index in [4.69, 9.17) is 0 Å². The number of nitro groups is 1. The van der Waals surface area contributed by atoms with Crippen molar-refractivity contribution in [3.63, 3.8) is 0 Å². The van der Waals surface area contributed by atoms with Gasteiger partial charge in [-0.1, -0.05) is 5.01 Å². The van der Waals surface area contributed by atoms with Gasteiger partial charge >= 0.3 is 12.1 Å². The Bertz CT molecular complexity index is 344. The first-order valence-corrected chi connectivity index (χ1v) is 4.30. The highest BCUT2D eigenvalue weighted by Crippen LogP contribution is 2.42. The molecule has 0 aromatic rings. The predicted octanol–water partition coefficient (Wildman–Crippen LogP) is 1.28. The van der Waals surface area contributed by atoms with Gasteiger partial charge in [-0.25, -0.2) is 10.1 Å². The van der Waals surface area contributed by atoms with Crippen LogP contribution in [0.1, 0.15) is 6.92 Å². The second-order valence-electron chi connectivity index (χ2n) is 3.10. The lowest BCUT2D eigenvalue weighted by molar-refractivity contribution is -0.646. The van der Waals surface area contributed by atoms with Gasteiger partial charge < -0.3 is 0 Å². The molecule has 0 fully saturated rings. The number of hydrazone groups is 1. The molecule has 11 heteroatoms. The van der Waals surface area contributed by atoms with Crippen molar-refractivity contribution in [3.05, 3.63) is 10.1 Å². The Balaban J connectivity index is 3.11. The van der Waals surface area contributed by atoms with E-state index in [0.717, 1.165) is 0 Å². The van der Waals surface area contributed by atoms with Crippen molar-refractivity contribution in [1.82, 2.24) is 10.0 Å². The summed E-state index contributed by atoms with van der Waals surface area (Å²) in [5.74, 6) is -5.27. The Kier molecular flexibility index (Phi) is 3.12. The van der Waals surface area contributed by atoms with E-state index in [9.17, 15) is 32.1 Å². The zero-order valence-corrected chi connectivity index (χ0v) is 8.36. The molecule has 0 saturated carbocycles. The predicted molar refractivity (Wildman–Crippen MR) is 44.5 cm³/mol. The molecular formula is C6H7F5N4O2. The van der Waals surface area contributed by atoms with Crippen molar-refractivity contribution >= 4 is 6.34 Å². The summed E-state index contributed by atoms with van der Waals surface area (Å²) in [5.41, 5.74) is 0. The third-order valence-corrected chi connectivity index (χ3v) is 2.07. The summed E-state index contributed by atoms with van der Waals surface area (Å²) in [7, 11) is 0. The molecule has 1 atom stereocenters. The Morgan fingerprint density at radius 3 is 2.29 bits per heavy atom. The summed E-state index contributed by atoms with van der Waals surface area (Å²) in [6.07, 6.45) is -8.37. The fraction of sp³-hybridized carbons (Fsp3) is 0.833. The van der Waals surface area contributed by atoms with Crippen LogP contribution in [0.25, 0.3) is 0 Å². The van der Waals surface area contributed by atoms with Crippen LogP contribution in [0.4, 0.5) is 22.0 Å². The third kappa shape index (κ3) is 2.08. The van der Waals surface area contributed by atoms with E-state index in [-0.39, 0.29) is 11.6 Å². The van der Waals surface area contributed by atoms with Gasteiger partial charge in [0.05, 0.1) is 0 Å². The van der Waals surface area contributed by atoms with Crippen LogP contribution in [0, 0.1) is 10.1 Å². The van der Waals surface area contributed by atoms with E-state index in [1.165, 1.54) is 6.92 Å². The molecule has 0 amide bonds. The molecule has 1 unspecified atom stereocenters. The van der Waals surface area contributed by atoms with Crippen molar-refractivity contribution in [1.29, 1.82) is 0 Å². The van der Waals surface area contributed by atoms with E-state index in [1.54, 1.807) is 0 Å². The van der Waals surface area contributed by atoms with Gasteiger partial charge in [-0.2, -0.15) is 27.1 Å². The molecule has 17 heavy (non-hydrogen) atoms. The molecule has 6 nitrogen and oxygen atoms in total. The average Bonchev–Trinajstić information content (AvgIpc) is 2.59. The minimum atomic E-state index is -5.90. The van der Waals surface area contributed by atoms with Gasteiger partial charge in [0.2, 0.25) is 0 Å². The number of halogens is 5. The molecule has 0 aromatic carbocycles. The molecule has 0 aromatic heterocycles. The first-order valence-electron chi connectivity index (χ1n) is 4.30. The molecule has 1 heterocycles. The fourth-order valence-corrected chi connectivity index (χ4v) is 1.27. The Hall–Kier alpha value is -1.68. The number of nitrogens with zero attached hydrogens (tertiary/aromatic N) is 4. The molecule has 0 N–H and O–H groups in total. The van der Waals surface area contributed by atoms with E-state index in [0.29, 0.717) is 11.3 Å². The minimum Gasteiger partial charge on any atom is -0.261 e. The monoisotopic (exact) mass is 262 g/mol. The molecule has 1 aliphatic rings. The molecule has 0 aliphatic carbocycles. The molecule has 0 radical (unpaired) electrons. The highest BCUT2D eigenvalue weighted by molar-refractivity contribution is 5.55. The van der Waals surface area contributed by atoms with Crippen molar-refractivity contribution in [2.45, 2.75) is 25.2 Å². The Morgan fingerprint density at radius 1 is 1.41 bits per heavy atom. The Labute approximate surface area is 91.4 Å². The van der Waals surface area contributed by atoms with Crippen molar-refractivity contribution in [2.75, 3.05) is 6.54 Å². The molecular weight excluding hydrogens is 255 g/mol. The zero-order chi connectivity index (χ0) is 13.4. The molecule has 98 valence electrons. The van der Waals surface area contributed by atoms with Gasteiger partial charge in [-0.05, 0) is 6.92 Å². The molecule has 1 rings (SSSR count). The topological polar surface area (TPSA) is 62.0 Å². The maximum Gasteiger partial charge on any atom is 0.457 e. The molecule has 0 spiro atoms. The van der Waals surface area contributed by atoms with Crippen LogP contribution in [-0.2, 0) is 0 Å². The summed E-state index contributed by atoms with van der Waals surface area (Å²) in [6.45, 7) is 0.928. The van der Waals surface area contributed by atoms with Crippen LogP contribution in [-0.4, -0.2) is 46.2 Å². The normalized spacial score (nSPS) is 21.2. The largest absolute Gasteiger partial charge is 0.457 e. The van der Waals surface area contributed by atoms with Gasteiger partial charge in [-0.15, -0.1) is 0 Å². The molecule has 1 aliphatic heterocycles. The van der Waals surface area contributed by atoms with Gasteiger partial charge in [0.15, 0.2) is 11.4 Å². The maximum atomic E-state index is 13.1. The first kappa shape index (κ1) is 13.4. The second kappa shape index (κ2) is 3.96. The summed E-state index contributed by atoms with van der Waals surface area (Å²) in [5, 5.41) is 12.1. The van der Waals surface area contributed by atoms with Crippen molar-refractivity contribution < 1.29 is 27.0 Å². The smallest absolute Gasteiger partial charge is 0.261 e. The van der Waals surface area contributed by atoms with E-state index in [1.807, 2.05) is 0 Å². The van der Waals surface area contributed by atoms with Gasteiger partial charge in [0.25, 0.3) is 6.17 Å². The summed E-state index contributed by atoms with van der Waals surface area (Å²) in [6, 6.07) is 0. The Morgan fingerprint density at radius 2 is 1.94 bits per heavy atom. The number of alkyl halides is 5. The van der Waals surface area contributed by atoms with Gasteiger partial charge in [0.1, 0.15) is 0 Å².